The van der Waals surface area contributed by atoms with Gasteiger partial charge in [0.25, 0.3) is 0 Å². The Kier molecular flexibility index (Phi) is 6.48. The molecule has 3 rings (SSSR count). The van der Waals surface area contributed by atoms with Crippen molar-refractivity contribution < 1.29 is 9.59 Å². The standard InChI is InChI=1S/C19H29N3O2S/c1-2-3-16(21-18(23)5-4-14-6-9-20-12-14)19(24)22-10-7-17-15(13-22)8-11-25-17/h8,11,14,16,20H,2-7,9-10,12-13H2,1H3,(H,21,23). The predicted molar refractivity (Wildman–Crippen MR) is 100 cm³/mol. The fourth-order valence-corrected chi connectivity index (χ4v) is 4.66. The van der Waals surface area contributed by atoms with E-state index < -0.39 is 0 Å². The molecule has 1 aromatic rings. The Balaban J connectivity index is 1.52. The van der Waals surface area contributed by atoms with Crippen LogP contribution in [0, 0.1) is 5.92 Å². The first-order valence-electron chi connectivity index (χ1n) is 9.51. The monoisotopic (exact) mass is 363 g/mol. The highest BCUT2D eigenvalue weighted by Gasteiger charge is 2.28. The Morgan fingerprint density at radius 1 is 1.48 bits per heavy atom. The van der Waals surface area contributed by atoms with E-state index in [9.17, 15) is 9.59 Å². The highest BCUT2D eigenvalue weighted by molar-refractivity contribution is 7.10. The van der Waals surface area contributed by atoms with Crippen molar-refractivity contribution in [3.05, 3.63) is 21.9 Å². The van der Waals surface area contributed by atoms with E-state index in [0.29, 0.717) is 25.3 Å². The molecule has 1 aromatic heterocycles. The maximum Gasteiger partial charge on any atom is 0.245 e. The third-order valence-electron chi connectivity index (χ3n) is 5.27. The van der Waals surface area contributed by atoms with Crippen LogP contribution in [0.3, 0.4) is 0 Å². The molecule has 0 spiro atoms. The summed E-state index contributed by atoms with van der Waals surface area (Å²) in [6.45, 7) is 5.58. The largest absolute Gasteiger partial charge is 0.344 e. The summed E-state index contributed by atoms with van der Waals surface area (Å²) in [4.78, 5) is 28.6. The molecule has 1 saturated heterocycles. The molecule has 2 aliphatic heterocycles. The summed E-state index contributed by atoms with van der Waals surface area (Å²) in [7, 11) is 0. The molecule has 0 radical (unpaired) electrons. The Morgan fingerprint density at radius 2 is 2.36 bits per heavy atom. The van der Waals surface area contributed by atoms with Crippen molar-refractivity contribution in [2.24, 2.45) is 5.92 Å². The van der Waals surface area contributed by atoms with E-state index in [2.05, 4.69) is 29.0 Å². The van der Waals surface area contributed by atoms with Crippen LogP contribution in [-0.2, 0) is 22.6 Å². The minimum absolute atomic E-state index is 0.0203. The van der Waals surface area contributed by atoms with Gasteiger partial charge in [0.1, 0.15) is 6.04 Å². The number of fused-ring (bicyclic) bond motifs is 1. The minimum atomic E-state index is -0.376. The molecular weight excluding hydrogens is 334 g/mol. The molecule has 2 unspecified atom stereocenters. The fourth-order valence-electron chi connectivity index (χ4n) is 3.77. The van der Waals surface area contributed by atoms with Gasteiger partial charge in [0.2, 0.25) is 11.8 Å². The molecule has 0 aromatic carbocycles. The fraction of sp³-hybridized carbons (Fsp3) is 0.684. The molecule has 138 valence electrons. The summed E-state index contributed by atoms with van der Waals surface area (Å²) in [5.41, 5.74) is 1.26. The molecule has 6 heteroatoms. The van der Waals surface area contributed by atoms with Crippen molar-refractivity contribution in [2.75, 3.05) is 19.6 Å². The van der Waals surface area contributed by atoms with Gasteiger partial charge < -0.3 is 15.5 Å². The smallest absolute Gasteiger partial charge is 0.245 e. The molecule has 3 heterocycles. The summed E-state index contributed by atoms with van der Waals surface area (Å²) in [6.07, 6.45) is 5.12. The van der Waals surface area contributed by atoms with Crippen LogP contribution < -0.4 is 10.6 Å². The number of amides is 2. The molecule has 2 amide bonds. The zero-order valence-corrected chi connectivity index (χ0v) is 15.9. The van der Waals surface area contributed by atoms with Gasteiger partial charge in [0.15, 0.2) is 0 Å². The van der Waals surface area contributed by atoms with Crippen LogP contribution in [0.1, 0.15) is 49.5 Å². The van der Waals surface area contributed by atoms with E-state index in [1.807, 2.05) is 4.90 Å². The van der Waals surface area contributed by atoms with Gasteiger partial charge in [-0.15, -0.1) is 11.3 Å². The van der Waals surface area contributed by atoms with E-state index in [4.69, 9.17) is 0 Å². The number of nitrogens with one attached hydrogen (secondary N) is 2. The second-order valence-corrected chi connectivity index (χ2v) is 8.19. The minimum Gasteiger partial charge on any atom is -0.344 e. The number of nitrogens with zero attached hydrogens (tertiary/aromatic N) is 1. The summed E-state index contributed by atoms with van der Waals surface area (Å²) >= 11 is 1.77. The number of thiophene rings is 1. The van der Waals surface area contributed by atoms with Gasteiger partial charge in [-0.3, -0.25) is 9.59 Å². The molecule has 0 bridgehead atoms. The lowest BCUT2D eigenvalue weighted by Crippen LogP contribution is -2.49. The van der Waals surface area contributed by atoms with Crippen molar-refractivity contribution in [3.8, 4) is 0 Å². The zero-order valence-electron chi connectivity index (χ0n) is 15.1. The molecule has 0 saturated carbocycles. The van der Waals surface area contributed by atoms with Crippen molar-refractivity contribution in [1.29, 1.82) is 0 Å². The quantitative estimate of drug-likeness (QED) is 0.781. The molecule has 2 aliphatic rings. The van der Waals surface area contributed by atoms with Gasteiger partial charge in [-0.2, -0.15) is 0 Å². The van der Waals surface area contributed by atoms with Gasteiger partial charge >= 0.3 is 0 Å². The van der Waals surface area contributed by atoms with E-state index in [0.717, 1.165) is 45.3 Å². The summed E-state index contributed by atoms with van der Waals surface area (Å²) in [5.74, 6) is 0.701. The number of rotatable bonds is 7. The van der Waals surface area contributed by atoms with E-state index in [1.165, 1.54) is 10.4 Å². The van der Waals surface area contributed by atoms with Crippen LogP contribution in [0.2, 0.25) is 0 Å². The number of hydrogen-bond acceptors (Lipinski definition) is 4. The lowest BCUT2D eigenvalue weighted by Gasteiger charge is -2.31. The van der Waals surface area contributed by atoms with Gasteiger partial charge in [-0.1, -0.05) is 13.3 Å². The average molecular weight is 364 g/mol. The Morgan fingerprint density at radius 3 is 3.12 bits per heavy atom. The van der Waals surface area contributed by atoms with Crippen LogP contribution in [0.15, 0.2) is 11.4 Å². The van der Waals surface area contributed by atoms with E-state index >= 15 is 0 Å². The third-order valence-corrected chi connectivity index (χ3v) is 6.30. The highest BCUT2D eigenvalue weighted by Crippen LogP contribution is 2.24. The SMILES string of the molecule is CCCC(NC(=O)CCC1CCNC1)C(=O)N1CCc2sccc2C1. The summed E-state index contributed by atoms with van der Waals surface area (Å²) in [6, 6.07) is 1.74. The van der Waals surface area contributed by atoms with Gasteiger partial charge in [0, 0.05) is 24.4 Å². The van der Waals surface area contributed by atoms with Crippen molar-refractivity contribution in [1.82, 2.24) is 15.5 Å². The van der Waals surface area contributed by atoms with Crippen molar-refractivity contribution in [2.45, 2.75) is 58.0 Å². The lowest BCUT2D eigenvalue weighted by atomic mass is 10.0. The zero-order chi connectivity index (χ0) is 17.6. The van der Waals surface area contributed by atoms with Gasteiger partial charge in [-0.05, 0) is 61.7 Å². The summed E-state index contributed by atoms with van der Waals surface area (Å²) in [5, 5.41) is 8.44. The molecule has 25 heavy (non-hydrogen) atoms. The first kappa shape index (κ1) is 18.4. The third kappa shape index (κ3) is 4.82. The maximum absolute atomic E-state index is 12.9. The normalized spacial score (nSPS) is 21.0. The van der Waals surface area contributed by atoms with E-state index in [-0.39, 0.29) is 17.9 Å². The number of carbonyl (C=O) groups excluding carboxylic acids is 2. The van der Waals surface area contributed by atoms with E-state index in [1.54, 1.807) is 11.3 Å². The Labute approximate surface area is 154 Å². The van der Waals surface area contributed by atoms with Gasteiger partial charge in [0.05, 0.1) is 0 Å². The van der Waals surface area contributed by atoms with Crippen LogP contribution in [-0.4, -0.2) is 42.4 Å². The second-order valence-electron chi connectivity index (χ2n) is 7.19. The maximum atomic E-state index is 12.9. The Bertz CT molecular complexity index is 595. The molecule has 5 nitrogen and oxygen atoms in total. The Hall–Kier alpha value is -1.40. The van der Waals surface area contributed by atoms with Crippen LogP contribution >= 0.6 is 11.3 Å². The van der Waals surface area contributed by atoms with Gasteiger partial charge in [-0.25, -0.2) is 0 Å². The predicted octanol–water partition coefficient (Wildman–Crippen LogP) is 2.31. The summed E-state index contributed by atoms with van der Waals surface area (Å²) < 4.78 is 0. The topological polar surface area (TPSA) is 61.4 Å². The number of hydrogen-bond donors (Lipinski definition) is 2. The average Bonchev–Trinajstić information content (AvgIpc) is 3.29. The van der Waals surface area contributed by atoms with Crippen molar-refractivity contribution in [3.63, 3.8) is 0 Å². The number of carbonyl (C=O) groups is 2. The first-order valence-corrected chi connectivity index (χ1v) is 10.4. The first-order chi connectivity index (χ1) is 12.2. The lowest BCUT2D eigenvalue weighted by molar-refractivity contribution is -0.137. The molecule has 1 fully saturated rings. The molecule has 2 N–H and O–H groups in total. The van der Waals surface area contributed by atoms with Crippen molar-refractivity contribution >= 4 is 23.2 Å². The molecular formula is C19H29N3O2S. The van der Waals surface area contributed by atoms with Crippen LogP contribution in [0.5, 0.6) is 0 Å². The molecule has 2 atom stereocenters. The van der Waals surface area contributed by atoms with Crippen LogP contribution in [0.4, 0.5) is 0 Å². The molecule has 0 aliphatic carbocycles. The second kappa shape index (κ2) is 8.81. The highest BCUT2D eigenvalue weighted by atomic mass is 32.1. The van der Waals surface area contributed by atoms with Crippen LogP contribution in [0.25, 0.3) is 0 Å².